The molecule has 5 nitrogen and oxygen atoms in total. The SMILES string of the molecule is O=C(N[C@H]1CCC(F)(F)C1)c1ccc2c(c1)-c1cncn1CCO2. The van der Waals surface area contributed by atoms with E-state index in [2.05, 4.69) is 10.3 Å². The number of fused-ring (bicyclic) bond motifs is 3. The fourth-order valence-electron chi connectivity index (χ4n) is 3.32. The van der Waals surface area contributed by atoms with Crippen LogP contribution in [-0.4, -0.2) is 34.0 Å². The predicted molar refractivity (Wildman–Crippen MR) is 83.2 cm³/mol. The van der Waals surface area contributed by atoms with Crippen LogP contribution in [0.3, 0.4) is 0 Å². The zero-order valence-electron chi connectivity index (χ0n) is 13.0. The van der Waals surface area contributed by atoms with E-state index >= 15 is 0 Å². The smallest absolute Gasteiger partial charge is 0.251 e. The Hall–Kier alpha value is -2.44. The molecular formula is C17H17F2N3O2. The number of alkyl halides is 2. The Labute approximate surface area is 137 Å². The summed E-state index contributed by atoms with van der Waals surface area (Å²) in [5.41, 5.74) is 2.10. The van der Waals surface area contributed by atoms with Gasteiger partial charge in [0.05, 0.1) is 24.8 Å². The summed E-state index contributed by atoms with van der Waals surface area (Å²) in [6.07, 6.45) is 3.29. The summed E-state index contributed by atoms with van der Waals surface area (Å²) in [6.45, 7) is 1.21. The number of benzene rings is 1. The van der Waals surface area contributed by atoms with Crippen molar-refractivity contribution in [2.75, 3.05) is 6.61 Å². The molecular weight excluding hydrogens is 316 g/mol. The molecule has 1 amide bonds. The normalized spacial score (nSPS) is 21.3. The van der Waals surface area contributed by atoms with Crippen LogP contribution < -0.4 is 10.1 Å². The topological polar surface area (TPSA) is 56.2 Å². The summed E-state index contributed by atoms with van der Waals surface area (Å²) in [7, 11) is 0. The third-order valence-electron chi connectivity index (χ3n) is 4.56. The van der Waals surface area contributed by atoms with E-state index in [-0.39, 0.29) is 18.7 Å². The molecule has 0 spiro atoms. The number of hydrogen-bond acceptors (Lipinski definition) is 3. The van der Waals surface area contributed by atoms with Gasteiger partial charge in [-0.1, -0.05) is 0 Å². The summed E-state index contributed by atoms with van der Waals surface area (Å²) < 4.78 is 34.2. The van der Waals surface area contributed by atoms with Gasteiger partial charge in [0.15, 0.2) is 0 Å². The van der Waals surface area contributed by atoms with Crippen molar-refractivity contribution in [2.24, 2.45) is 0 Å². The highest BCUT2D eigenvalue weighted by molar-refractivity contribution is 5.96. The molecule has 0 radical (unpaired) electrons. The van der Waals surface area contributed by atoms with Gasteiger partial charge in [-0.2, -0.15) is 0 Å². The highest BCUT2D eigenvalue weighted by Gasteiger charge is 2.40. The average molecular weight is 333 g/mol. The second-order valence-electron chi connectivity index (χ2n) is 6.30. The second-order valence-corrected chi connectivity index (χ2v) is 6.30. The minimum absolute atomic E-state index is 0.171. The maximum absolute atomic E-state index is 13.3. The molecule has 1 aromatic carbocycles. The number of nitrogens with zero attached hydrogens (tertiary/aromatic N) is 2. The highest BCUT2D eigenvalue weighted by Crippen LogP contribution is 2.35. The van der Waals surface area contributed by atoms with E-state index < -0.39 is 12.0 Å². The Balaban J connectivity index is 1.59. The molecule has 126 valence electrons. The van der Waals surface area contributed by atoms with Crippen LogP contribution in [0.4, 0.5) is 8.78 Å². The summed E-state index contributed by atoms with van der Waals surface area (Å²) in [6, 6.07) is 4.66. The van der Waals surface area contributed by atoms with Gasteiger partial charge in [-0.05, 0) is 24.6 Å². The minimum Gasteiger partial charge on any atom is -0.491 e. The molecule has 4 rings (SSSR count). The molecule has 2 aliphatic rings. The van der Waals surface area contributed by atoms with Crippen molar-refractivity contribution in [3.05, 3.63) is 36.3 Å². The Morgan fingerprint density at radius 3 is 3.08 bits per heavy atom. The highest BCUT2D eigenvalue weighted by atomic mass is 19.3. The molecule has 1 aliphatic carbocycles. The van der Waals surface area contributed by atoms with E-state index in [0.29, 0.717) is 30.9 Å². The number of amides is 1. The lowest BCUT2D eigenvalue weighted by Gasteiger charge is -2.14. The fraction of sp³-hybridized carbons (Fsp3) is 0.412. The zero-order valence-corrected chi connectivity index (χ0v) is 13.0. The number of rotatable bonds is 2. The molecule has 7 heteroatoms. The third-order valence-corrected chi connectivity index (χ3v) is 4.56. The molecule has 1 aromatic heterocycles. The van der Waals surface area contributed by atoms with E-state index in [1.165, 1.54) is 0 Å². The maximum atomic E-state index is 13.3. The molecule has 1 saturated carbocycles. The van der Waals surface area contributed by atoms with Gasteiger partial charge in [0, 0.05) is 30.0 Å². The Morgan fingerprint density at radius 2 is 2.29 bits per heavy atom. The van der Waals surface area contributed by atoms with Crippen LogP contribution in [0.15, 0.2) is 30.7 Å². The maximum Gasteiger partial charge on any atom is 0.251 e. The third kappa shape index (κ3) is 2.74. The molecule has 0 bridgehead atoms. The number of hydrogen-bond donors (Lipinski definition) is 1. The predicted octanol–water partition coefficient (Wildman–Crippen LogP) is 2.86. The van der Waals surface area contributed by atoms with Gasteiger partial charge in [-0.3, -0.25) is 4.79 Å². The molecule has 0 saturated heterocycles. The number of nitrogens with one attached hydrogen (secondary N) is 1. The van der Waals surface area contributed by atoms with Crippen molar-refractivity contribution in [1.82, 2.24) is 14.9 Å². The zero-order chi connectivity index (χ0) is 16.7. The Kier molecular flexibility index (Phi) is 3.51. The van der Waals surface area contributed by atoms with Crippen molar-refractivity contribution < 1.29 is 18.3 Å². The van der Waals surface area contributed by atoms with Crippen LogP contribution in [0.25, 0.3) is 11.3 Å². The van der Waals surface area contributed by atoms with Gasteiger partial charge in [0.25, 0.3) is 5.91 Å². The molecule has 1 fully saturated rings. The van der Waals surface area contributed by atoms with Gasteiger partial charge >= 0.3 is 0 Å². The standard InChI is InChI=1S/C17H17F2N3O2/c18-17(19)4-3-12(8-17)21-16(23)11-1-2-15-13(7-11)14-9-20-10-22(14)5-6-24-15/h1-2,7,9-10,12H,3-6,8H2,(H,21,23)/t12-/m0/s1. The summed E-state index contributed by atoms with van der Waals surface area (Å²) in [5, 5.41) is 2.71. The number of carbonyl (C=O) groups is 1. The first-order valence-electron chi connectivity index (χ1n) is 7.98. The van der Waals surface area contributed by atoms with Gasteiger partial charge < -0.3 is 14.6 Å². The van der Waals surface area contributed by atoms with Crippen LogP contribution in [-0.2, 0) is 6.54 Å². The Morgan fingerprint density at radius 1 is 1.42 bits per heavy atom. The van der Waals surface area contributed by atoms with Crippen LogP contribution in [0.5, 0.6) is 5.75 Å². The molecule has 1 atom stereocenters. The first-order chi connectivity index (χ1) is 11.5. The van der Waals surface area contributed by atoms with Crippen molar-refractivity contribution in [1.29, 1.82) is 0 Å². The monoisotopic (exact) mass is 333 g/mol. The van der Waals surface area contributed by atoms with Crippen molar-refractivity contribution in [2.45, 2.75) is 37.8 Å². The summed E-state index contributed by atoms with van der Waals surface area (Å²) >= 11 is 0. The lowest BCUT2D eigenvalue weighted by Crippen LogP contribution is -2.33. The minimum atomic E-state index is -2.67. The number of carbonyl (C=O) groups excluding carboxylic acids is 1. The van der Waals surface area contributed by atoms with Crippen LogP contribution in [0.1, 0.15) is 29.6 Å². The lowest BCUT2D eigenvalue weighted by atomic mass is 10.1. The van der Waals surface area contributed by atoms with Crippen LogP contribution in [0, 0.1) is 0 Å². The molecule has 2 heterocycles. The molecule has 2 aromatic rings. The van der Waals surface area contributed by atoms with E-state index in [1.807, 2.05) is 4.57 Å². The molecule has 24 heavy (non-hydrogen) atoms. The van der Waals surface area contributed by atoms with E-state index in [9.17, 15) is 13.6 Å². The van der Waals surface area contributed by atoms with E-state index in [1.54, 1.807) is 30.7 Å². The number of imidazole rings is 1. The lowest BCUT2D eigenvalue weighted by molar-refractivity contribution is 0.00711. The number of aromatic nitrogens is 2. The molecule has 1 N–H and O–H groups in total. The van der Waals surface area contributed by atoms with E-state index in [4.69, 9.17) is 4.74 Å². The Bertz CT molecular complexity index is 788. The largest absolute Gasteiger partial charge is 0.491 e. The van der Waals surface area contributed by atoms with Crippen LogP contribution in [0.2, 0.25) is 0 Å². The van der Waals surface area contributed by atoms with Gasteiger partial charge in [-0.25, -0.2) is 13.8 Å². The van der Waals surface area contributed by atoms with Crippen molar-refractivity contribution in [3.8, 4) is 17.0 Å². The van der Waals surface area contributed by atoms with Crippen molar-refractivity contribution >= 4 is 5.91 Å². The quantitative estimate of drug-likeness (QED) is 0.919. The summed E-state index contributed by atoms with van der Waals surface area (Å²) in [4.78, 5) is 16.6. The second kappa shape index (κ2) is 5.58. The van der Waals surface area contributed by atoms with Gasteiger partial charge in [0.2, 0.25) is 5.92 Å². The van der Waals surface area contributed by atoms with Gasteiger partial charge in [-0.15, -0.1) is 0 Å². The van der Waals surface area contributed by atoms with Gasteiger partial charge in [0.1, 0.15) is 12.4 Å². The van der Waals surface area contributed by atoms with Crippen molar-refractivity contribution in [3.63, 3.8) is 0 Å². The summed E-state index contributed by atoms with van der Waals surface area (Å²) in [5.74, 6) is -2.32. The first-order valence-corrected chi connectivity index (χ1v) is 7.98. The van der Waals surface area contributed by atoms with E-state index in [0.717, 1.165) is 11.3 Å². The first kappa shape index (κ1) is 15.1. The number of ether oxygens (including phenoxy) is 1. The average Bonchev–Trinajstić information content (AvgIpc) is 3.09. The molecule has 1 aliphatic heterocycles. The number of halogens is 2. The molecule has 0 unspecified atom stereocenters. The fourth-order valence-corrected chi connectivity index (χ4v) is 3.32. The van der Waals surface area contributed by atoms with Crippen LogP contribution >= 0.6 is 0 Å².